The molecule has 0 radical (unpaired) electrons. The molecule has 2 N–H and O–H groups in total. The number of carbonyl (C=O) groups excluding carboxylic acids is 3. The van der Waals surface area contributed by atoms with Crippen molar-refractivity contribution in [1.29, 1.82) is 0 Å². The standard InChI is InChI=1S/C15H25N3O6S/c1-15(2,3)24-14(21)18-8-6-10(7-9-18)25(22,23)17-11-4-5-12(19)16-13(11)20/h10-11,17H,4-9H2,1-3H3,(H,16,19,20). The largest absolute Gasteiger partial charge is 0.444 e. The lowest BCUT2D eigenvalue weighted by molar-refractivity contribution is -0.134. The predicted molar refractivity (Wildman–Crippen MR) is 89.1 cm³/mol. The molecule has 0 aromatic carbocycles. The van der Waals surface area contributed by atoms with E-state index in [4.69, 9.17) is 4.74 Å². The first kappa shape index (κ1) is 19.6. The second-order valence-electron chi connectivity index (χ2n) is 7.33. The summed E-state index contributed by atoms with van der Waals surface area (Å²) in [6.07, 6.45) is 0.335. The molecule has 10 heteroatoms. The molecule has 142 valence electrons. The number of rotatable bonds is 3. The lowest BCUT2D eigenvalue weighted by atomic mass is 10.1. The molecule has 9 nitrogen and oxygen atoms in total. The van der Waals surface area contributed by atoms with E-state index in [9.17, 15) is 22.8 Å². The highest BCUT2D eigenvalue weighted by Gasteiger charge is 2.37. The molecule has 3 amide bonds. The lowest BCUT2D eigenvalue weighted by Gasteiger charge is -2.34. The van der Waals surface area contributed by atoms with Crippen LogP contribution in [0.3, 0.4) is 0 Å². The fourth-order valence-electron chi connectivity index (χ4n) is 2.78. The van der Waals surface area contributed by atoms with Crippen LogP contribution in [-0.4, -0.2) is 61.2 Å². The van der Waals surface area contributed by atoms with Gasteiger partial charge in [-0.25, -0.2) is 17.9 Å². The van der Waals surface area contributed by atoms with Crippen molar-refractivity contribution >= 4 is 27.9 Å². The van der Waals surface area contributed by atoms with Crippen molar-refractivity contribution < 1.29 is 27.5 Å². The number of nitrogens with zero attached hydrogens (tertiary/aromatic N) is 1. The van der Waals surface area contributed by atoms with Crippen molar-refractivity contribution in [3.05, 3.63) is 0 Å². The van der Waals surface area contributed by atoms with Crippen molar-refractivity contribution in [1.82, 2.24) is 14.9 Å². The third-order valence-corrected chi connectivity index (χ3v) is 6.04. The van der Waals surface area contributed by atoms with Gasteiger partial charge in [-0.15, -0.1) is 0 Å². The van der Waals surface area contributed by atoms with E-state index < -0.39 is 44.8 Å². The molecule has 0 bridgehead atoms. The number of carbonyl (C=O) groups is 3. The van der Waals surface area contributed by atoms with E-state index in [0.29, 0.717) is 0 Å². The van der Waals surface area contributed by atoms with Gasteiger partial charge in [-0.2, -0.15) is 0 Å². The smallest absolute Gasteiger partial charge is 0.410 e. The highest BCUT2D eigenvalue weighted by molar-refractivity contribution is 7.90. The summed E-state index contributed by atoms with van der Waals surface area (Å²) in [5.41, 5.74) is -0.604. The second-order valence-corrected chi connectivity index (χ2v) is 9.33. The van der Waals surface area contributed by atoms with E-state index in [1.165, 1.54) is 4.90 Å². The van der Waals surface area contributed by atoms with Crippen molar-refractivity contribution in [3.8, 4) is 0 Å². The highest BCUT2D eigenvalue weighted by atomic mass is 32.2. The van der Waals surface area contributed by atoms with Gasteiger partial charge in [0.1, 0.15) is 11.6 Å². The number of likely N-dealkylation sites (tertiary alicyclic amines) is 1. The molecule has 0 aromatic rings. The quantitative estimate of drug-likeness (QED) is 0.675. The Hall–Kier alpha value is -1.68. The first-order valence-electron chi connectivity index (χ1n) is 8.31. The molecule has 2 heterocycles. The lowest BCUT2D eigenvalue weighted by Crippen LogP contribution is -2.55. The van der Waals surface area contributed by atoms with Gasteiger partial charge in [0.05, 0.1) is 5.25 Å². The maximum Gasteiger partial charge on any atom is 0.410 e. The van der Waals surface area contributed by atoms with Gasteiger partial charge >= 0.3 is 6.09 Å². The summed E-state index contributed by atoms with van der Waals surface area (Å²) in [5, 5.41) is 1.44. The Morgan fingerprint density at radius 1 is 1.20 bits per heavy atom. The van der Waals surface area contributed by atoms with E-state index in [2.05, 4.69) is 10.0 Å². The first-order chi connectivity index (χ1) is 11.5. The molecule has 2 rings (SSSR count). The zero-order valence-electron chi connectivity index (χ0n) is 14.7. The fraction of sp³-hybridized carbons (Fsp3) is 0.800. The molecule has 2 saturated heterocycles. The molecule has 1 atom stereocenters. The van der Waals surface area contributed by atoms with E-state index in [1.54, 1.807) is 20.8 Å². The average Bonchev–Trinajstić information content (AvgIpc) is 2.48. The minimum atomic E-state index is -3.72. The van der Waals surface area contributed by atoms with Crippen molar-refractivity contribution in [2.45, 2.75) is 63.3 Å². The molecular weight excluding hydrogens is 350 g/mol. The zero-order valence-corrected chi connectivity index (χ0v) is 15.5. The summed E-state index contributed by atoms with van der Waals surface area (Å²) < 4.78 is 32.6. The minimum Gasteiger partial charge on any atom is -0.444 e. The normalized spacial score (nSPS) is 23.3. The number of sulfonamides is 1. The number of ether oxygens (including phenoxy) is 1. The third kappa shape index (κ3) is 5.40. The van der Waals surface area contributed by atoms with Gasteiger partial charge in [0.2, 0.25) is 21.8 Å². The summed E-state index contributed by atoms with van der Waals surface area (Å²) in [4.78, 5) is 36.3. The molecule has 2 aliphatic heterocycles. The van der Waals surface area contributed by atoms with E-state index in [-0.39, 0.29) is 38.8 Å². The SMILES string of the molecule is CC(C)(C)OC(=O)N1CCC(S(=O)(=O)NC2CCC(=O)NC2=O)CC1. The van der Waals surface area contributed by atoms with Gasteiger partial charge in [0, 0.05) is 19.5 Å². The summed E-state index contributed by atoms with van der Waals surface area (Å²) in [5.74, 6) is -1.02. The molecule has 1 unspecified atom stereocenters. The molecule has 0 spiro atoms. The third-order valence-electron chi connectivity index (χ3n) is 4.08. The average molecular weight is 375 g/mol. The van der Waals surface area contributed by atoms with Crippen LogP contribution in [0.15, 0.2) is 0 Å². The van der Waals surface area contributed by atoms with Crippen LogP contribution >= 0.6 is 0 Å². The molecule has 0 aromatic heterocycles. The highest BCUT2D eigenvalue weighted by Crippen LogP contribution is 2.20. The number of hydrogen-bond donors (Lipinski definition) is 2. The Morgan fingerprint density at radius 2 is 1.80 bits per heavy atom. The molecule has 0 aliphatic carbocycles. The van der Waals surface area contributed by atoms with Gasteiger partial charge < -0.3 is 9.64 Å². The maximum absolute atomic E-state index is 12.5. The van der Waals surface area contributed by atoms with Crippen LogP contribution in [0.2, 0.25) is 0 Å². The van der Waals surface area contributed by atoms with Gasteiger partial charge in [0.25, 0.3) is 0 Å². The van der Waals surface area contributed by atoms with Crippen LogP contribution in [0.25, 0.3) is 0 Å². The summed E-state index contributed by atoms with van der Waals surface area (Å²) in [6, 6.07) is -0.924. The van der Waals surface area contributed by atoms with Crippen LogP contribution in [0, 0.1) is 0 Å². The number of piperidine rings is 2. The summed E-state index contributed by atoms with van der Waals surface area (Å²) in [7, 11) is -3.72. The molecule has 0 saturated carbocycles. The molecule has 2 fully saturated rings. The van der Waals surface area contributed by atoms with E-state index in [0.717, 1.165) is 0 Å². The Balaban J connectivity index is 1.89. The van der Waals surface area contributed by atoms with Gasteiger partial charge in [-0.3, -0.25) is 14.9 Å². The van der Waals surface area contributed by atoms with Gasteiger partial charge in [0.15, 0.2) is 0 Å². The Morgan fingerprint density at radius 3 is 2.32 bits per heavy atom. The van der Waals surface area contributed by atoms with Crippen LogP contribution in [0.4, 0.5) is 4.79 Å². The monoisotopic (exact) mass is 375 g/mol. The number of amides is 3. The zero-order chi connectivity index (χ0) is 18.8. The summed E-state index contributed by atoms with van der Waals surface area (Å²) >= 11 is 0. The van der Waals surface area contributed by atoms with E-state index >= 15 is 0 Å². The fourth-order valence-corrected chi connectivity index (χ4v) is 4.42. The van der Waals surface area contributed by atoms with Gasteiger partial charge in [-0.05, 0) is 40.0 Å². The Kier molecular flexibility index (Phi) is 5.72. The first-order valence-corrected chi connectivity index (χ1v) is 9.85. The topological polar surface area (TPSA) is 122 Å². The number of imide groups is 1. The second kappa shape index (κ2) is 7.28. The molecule has 2 aliphatic rings. The van der Waals surface area contributed by atoms with Crippen molar-refractivity contribution in [2.75, 3.05) is 13.1 Å². The van der Waals surface area contributed by atoms with Crippen molar-refractivity contribution in [3.63, 3.8) is 0 Å². The summed E-state index contributed by atoms with van der Waals surface area (Å²) in [6.45, 7) is 5.86. The number of nitrogens with one attached hydrogen (secondary N) is 2. The van der Waals surface area contributed by atoms with E-state index in [1.807, 2.05) is 0 Å². The molecular formula is C15H25N3O6S. The minimum absolute atomic E-state index is 0.107. The van der Waals surface area contributed by atoms with Crippen LogP contribution in [-0.2, 0) is 24.3 Å². The van der Waals surface area contributed by atoms with Gasteiger partial charge in [-0.1, -0.05) is 0 Å². The Bertz CT molecular complexity index is 647. The van der Waals surface area contributed by atoms with Crippen LogP contribution in [0.1, 0.15) is 46.5 Å². The van der Waals surface area contributed by atoms with Crippen molar-refractivity contribution in [2.24, 2.45) is 0 Å². The van der Waals surface area contributed by atoms with Crippen LogP contribution in [0.5, 0.6) is 0 Å². The maximum atomic E-state index is 12.5. The number of hydrogen-bond acceptors (Lipinski definition) is 6. The molecule has 25 heavy (non-hydrogen) atoms. The van der Waals surface area contributed by atoms with Crippen LogP contribution < -0.4 is 10.0 Å². The Labute approximate surface area is 147 Å². The predicted octanol–water partition coefficient (Wildman–Crippen LogP) is 0.111.